The smallest absolute Gasteiger partial charge is 0.368 e. The minimum atomic E-state index is -0.831. The second kappa shape index (κ2) is 10.5. The van der Waals surface area contributed by atoms with Crippen molar-refractivity contribution in [2.24, 2.45) is 7.05 Å². The number of aromatic nitrogens is 6. The summed E-state index contributed by atoms with van der Waals surface area (Å²) in [5, 5.41) is 23.1. The Hall–Kier alpha value is -3.65. The Balaban J connectivity index is 1.41. The first-order valence-corrected chi connectivity index (χ1v) is 13.0. The molecule has 2 saturated heterocycles. The zero-order valence-corrected chi connectivity index (χ0v) is 22.4. The molecule has 5 rings (SSSR count). The Morgan fingerprint density at radius 3 is 2.77 bits per heavy atom. The number of nitrogens with zero attached hydrogens (tertiary/aromatic N) is 7. The van der Waals surface area contributed by atoms with Crippen LogP contribution in [-0.4, -0.2) is 76.6 Å². The SMILES string of the molecule is C[C@H](O)COc1cc(F)c(Nc2ncc(F)c(N[C@@H]3C[C@H]4CCCN4C(C)(C)C3)n2)cc1-n1nnn(C)c1=O. The molecular weight excluding hydrogens is 512 g/mol. The molecule has 0 unspecified atom stereocenters. The summed E-state index contributed by atoms with van der Waals surface area (Å²) in [6.07, 6.45) is 4.19. The van der Waals surface area contributed by atoms with E-state index in [9.17, 15) is 14.3 Å². The molecule has 210 valence electrons. The van der Waals surface area contributed by atoms with E-state index in [1.165, 1.54) is 20.0 Å². The number of hydrogen-bond acceptors (Lipinski definition) is 10. The topological polar surface area (TPSA) is 135 Å². The third-order valence-electron chi connectivity index (χ3n) is 7.27. The van der Waals surface area contributed by atoms with Gasteiger partial charge in [-0.1, -0.05) is 0 Å². The summed E-state index contributed by atoms with van der Waals surface area (Å²) in [5.74, 6) is -1.38. The van der Waals surface area contributed by atoms with Crippen LogP contribution in [-0.2, 0) is 7.05 Å². The number of aliphatic hydroxyl groups is 1. The van der Waals surface area contributed by atoms with Gasteiger partial charge < -0.3 is 20.5 Å². The maximum absolute atomic E-state index is 15.1. The molecule has 1 aromatic carbocycles. The van der Waals surface area contributed by atoms with Gasteiger partial charge in [0.05, 0.1) is 18.0 Å². The highest BCUT2D eigenvalue weighted by molar-refractivity contribution is 5.63. The largest absolute Gasteiger partial charge is 0.489 e. The van der Waals surface area contributed by atoms with Crippen LogP contribution in [0, 0.1) is 11.6 Å². The van der Waals surface area contributed by atoms with E-state index in [4.69, 9.17) is 4.74 Å². The van der Waals surface area contributed by atoms with Crippen molar-refractivity contribution in [1.29, 1.82) is 0 Å². The van der Waals surface area contributed by atoms with E-state index in [1.54, 1.807) is 0 Å². The zero-order chi connectivity index (χ0) is 27.9. The number of nitrogens with one attached hydrogen (secondary N) is 2. The van der Waals surface area contributed by atoms with Crippen molar-refractivity contribution in [3.05, 3.63) is 40.4 Å². The lowest BCUT2D eigenvalue weighted by atomic mass is 9.84. The third-order valence-corrected chi connectivity index (χ3v) is 7.27. The van der Waals surface area contributed by atoms with Crippen LogP contribution in [0.1, 0.15) is 46.5 Å². The van der Waals surface area contributed by atoms with Crippen LogP contribution in [0.5, 0.6) is 5.75 Å². The van der Waals surface area contributed by atoms with Crippen molar-refractivity contribution in [2.75, 3.05) is 23.8 Å². The van der Waals surface area contributed by atoms with E-state index in [1.807, 2.05) is 0 Å². The van der Waals surface area contributed by atoms with E-state index >= 15 is 4.39 Å². The zero-order valence-electron chi connectivity index (χ0n) is 22.4. The molecule has 2 aliphatic rings. The summed E-state index contributed by atoms with van der Waals surface area (Å²) < 4.78 is 37.4. The molecule has 3 aromatic rings. The molecule has 2 aliphatic heterocycles. The number of anilines is 3. The van der Waals surface area contributed by atoms with Gasteiger partial charge in [-0.3, -0.25) is 4.90 Å². The Morgan fingerprint density at radius 2 is 2.05 bits per heavy atom. The number of halogens is 2. The van der Waals surface area contributed by atoms with Gasteiger partial charge in [-0.05, 0) is 69.5 Å². The third kappa shape index (κ3) is 5.57. The molecule has 12 nitrogen and oxygen atoms in total. The van der Waals surface area contributed by atoms with Crippen LogP contribution in [0.15, 0.2) is 23.1 Å². The van der Waals surface area contributed by atoms with Crippen LogP contribution >= 0.6 is 0 Å². The Labute approximate surface area is 224 Å². The van der Waals surface area contributed by atoms with Gasteiger partial charge in [0.1, 0.15) is 18.0 Å². The number of aryl methyl sites for hydroxylation is 1. The number of tetrazole rings is 1. The normalized spacial score (nSPS) is 21.4. The molecule has 2 aromatic heterocycles. The molecule has 3 atom stereocenters. The van der Waals surface area contributed by atoms with Crippen LogP contribution in [0.3, 0.4) is 0 Å². The Bertz CT molecular complexity index is 1410. The van der Waals surface area contributed by atoms with Crippen molar-refractivity contribution in [1.82, 2.24) is 34.7 Å². The number of piperidine rings is 1. The highest BCUT2D eigenvalue weighted by Gasteiger charge is 2.43. The van der Waals surface area contributed by atoms with Crippen molar-refractivity contribution >= 4 is 17.5 Å². The first-order valence-electron chi connectivity index (χ1n) is 13.0. The fraction of sp³-hybridized carbons (Fsp3) is 0.560. The number of fused-ring (bicyclic) bond motifs is 1. The quantitative estimate of drug-likeness (QED) is 0.387. The lowest BCUT2D eigenvalue weighted by Crippen LogP contribution is -2.55. The molecule has 0 amide bonds. The van der Waals surface area contributed by atoms with Crippen molar-refractivity contribution < 1.29 is 18.6 Å². The number of hydrogen-bond donors (Lipinski definition) is 3. The summed E-state index contributed by atoms with van der Waals surface area (Å²) >= 11 is 0. The van der Waals surface area contributed by atoms with Gasteiger partial charge in [-0.25, -0.2) is 18.6 Å². The monoisotopic (exact) mass is 545 g/mol. The predicted molar refractivity (Wildman–Crippen MR) is 139 cm³/mol. The van der Waals surface area contributed by atoms with Gasteiger partial charge in [-0.15, -0.1) is 0 Å². The number of ether oxygens (including phenoxy) is 1. The molecule has 39 heavy (non-hydrogen) atoms. The molecule has 4 heterocycles. The fourth-order valence-corrected chi connectivity index (χ4v) is 5.56. The van der Waals surface area contributed by atoms with Gasteiger partial charge in [0.15, 0.2) is 17.5 Å². The van der Waals surface area contributed by atoms with Crippen LogP contribution in [0.2, 0.25) is 0 Å². The number of rotatable bonds is 8. The maximum atomic E-state index is 15.1. The summed E-state index contributed by atoms with van der Waals surface area (Å²) in [7, 11) is 1.42. The van der Waals surface area contributed by atoms with Gasteiger partial charge >= 0.3 is 5.69 Å². The predicted octanol–water partition coefficient (Wildman–Crippen LogP) is 2.35. The highest BCUT2D eigenvalue weighted by atomic mass is 19.1. The van der Waals surface area contributed by atoms with E-state index in [2.05, 4.69) is 49.8 Å². The molecule has 3 N–H and O–H groups in total. The minimum absolute atomic E-state index is 0.0166. The molecule has 2 fully saturated rings. The average Bonchev–Trinajstić information content (AvgIpc) is 3.48. The second-order valence-corrected chi connectivity index (χ2v) is 10.9. The average molecular weight is 546 g/mol. The molecule has 0 radical (unpaired) electrons. The van der Waals surface area contributed by atoms with E-state index in [-0.39, 0.29) is 47.1 Å². The standard InChI is InChI=1S/C25H33F2N9O3/c1-14(37)13-39-21-9-17(26)19(10-20(21)36-24(38)34(4)32-33-36)30-23-28-12-18(27)22(31-23)29-15-8-16-6-5-7-35(16)25(2,3)11-15/h9-10,12,14-16,37H,5-8,11,13H2,1-4H3,(H2,28,29,30,31)/t14-,15+,16+/m0/s1. The number of aliphatic hydroxyl groups excluding tert-OH is 1. The molecule has 14 heteroatoms. The van der Waals surface area contributed by atoms with Gasteiger partial charge in [-0.2, -0.15) is 14.3 Å². The van der Waals surface area contributed by atoms with Gasteiger partial charge in [0, 0.05) is 30.7 Å². The highest BCUT2D eigenvalue weighted by Crippen LogP contribution is 2.38. The van der Waals surface area contributed by atoms with Crippen molar-refractivity contribution in [2.45, 2.75) is 70.2 Å². The first-order chi connectivity index (χ1) is 18.5. The van der Waals surface area contributed by atoms with E-state index < -0.39 is 23.4 Å². The maximum Gasteiger partial charge on any atom is 0.368 e. The molecule has 0 aliphatic carbocycles. The van der Waals surface area contributed by atoms with Gasteiger partial charge in [0.25, 0.3) is 0 Å². The summed E-state index contributed by atoms with van der Waals surface area (Å²) in [5.41, 5.74) is -0.610. The van der Waals surface area contributed by atoms with E-state index in [0.717, 1.165) is 53.9 Å². The van der Waals surface area contributed by atoms with Crippen molar-refractivity contribution in [3.63, 3.8) is 0 Å². The molecule has 0 saturated carbocycles. The van der Waals surface area contributed by atoms with Crippen molar-refractivity contribution in [3.8, 4) is 11.4 Å². The summed E-state index contributed by atoms with van der Waals surface area (Å²) in [4.78, 5) is 23.3. The summed E-state index contributed by atoms with van der Waals surface area (Å²) in [6.45, 7) is 6.87. The molecule has 0 bridgehead atoms. The van der Waals surface area contributed by atoms with E-state index in [0.29, 0.717) is 6.04 Å². The minimum Gasteiger partial charge on any atom is -0.489 e. The Kier molecular flexibility index (Phi) is 7.25. The fourth-order valence-electron chi connectivity index (χ4n) is 5.56. The Morgan fingerprint density at radius 1 is 1.26 bits per heavy atom. The molecular formula is C25H33F2N9O3. The first kappa shape index (κ1) is 26.9. The van der Waals surface area contributed by atoms with Crippen LogP contribution in [0.25, 0.3) is 5.69 Å². The lowest BCUT2D eigenvalue weighted by Gasteiger charge is -2.47. The number of benzene rings is 1. The second-order valence-electron chi connectivity index (χ2n) is 10.9. The van der Waals surface area contributed by atoms with Gasteiger partial charge in [0.2, 0.25) is 5.95 Å². The van der Waals surface area contributed by atoms with Crippen LogP contribution < -0.4 is 21.1 Å². The summed E-state index contributed by atoms with van der Waals surface area (Å²) in [6, 6.07) is 2.82. The molecule has 0 spiro atoms. The lowest BCUT2D eigenvalue weighted by molar-refractivity contribution is 0.0500. The van der Waals surface area contributed by atoms with Crippen LogP contribution in [0.4, 0.5) is 26.2 Å².